The first-order valence-corrected chi connectivity index (χ1v) is 8.95. The second kappa shape index (κ2) is 8.51. The number of carbonyl (C=O) groups excluding carboxylic acids is 1. The number of amides is 1. The smallest absolute Gasteiger partial charge is 0.223 e. The minimum Gasteiger partial charge on any atom is -0.354 e. The van der Waals surface area contributed by atoms with Crippen LogP contribution in [0, 0.1) is 5.92 Å². The minimum atomic E-state index is 0.186. The number of piperidine rings is 1. The van der Waals surface area contributed by atoms with Gasteiger partial charge in [0.25, 0.3) is 0 Å². The first kappa shape index (κ1) is 16.5. The van der Waals surface area contributed by atoms with Crippen molar-refractivity contribution >= 4 is 17.2 Å². The van der Waals surface area contributed by atoms with Gasteiger partial charge in [-0.15, -0.1) is 0 Å². The fraction of sp³-hybridized carbons (Fsp3) is 0.688. The molecule has 1 aromatic heterocycles. The maximum absolute atomic E-state index is 12.3. The first-order chi connectivity index (χ1) is 10.3. The van der Waals surface area contributed by atoms with E-state index in [0.717, 1.165) is 39.0 Å². The van der Waals surface area contributed by atoms with Crippen LogP contribution in [0.3, 0.4) is 0 Å². The van der Waals surface area contributed by atoms with Crippen molar-refractivity contribution in [1.29, 1.82) is 0 Å². The van der Waals surface area contributed by atoms with Crippen LogP contribution in [-0.4, -0.2) is 43.5 Å². The molecule has 21 heavy (non-hydrogen) atoms. The van der Waals surface area contributed by atoms with Crippen LogP contribution >= 0.6 is 11.3 Å². The van der Waals surface area contributed by atoms with Gasteiger partial charge in [0.15, 0.2) is 0 Å². The SMILES string of the molecule is CCN(CC)C(CNC(=O)C1CCNCC1)c1ccsc1. The lowest BCUT2D eigenvalue weighted by molar-refractivity contribution is -0.126. The van der Waals surface area contributed by atoms with Crippen LogP contribution in [0.25, 0.3) is 0 Å². The second-order valence-electron chi connectivity index (χ2n) is 5.56. The Bertz CT molecular complexity index is 411. The number of nitrogens with one attached hydrogen (secondary N) is 2. The highest BCUT2D eigenvalue weighted by Gasteiger charge is 2.23. The molecular formula is C16H27N3OS. The summed E-state index contributed by atoms with van der Waals surface area (Å²) in [6.45, 7) is 8.99. The average Bonchev–Trinajstić information content (AvgIpc) is 3.06. The molecule has 0 radical (unpaired) electrons. The van der Waals surface area contributed by atoms with Gasteiger partial charge in [-0.1, -0.05) is 13.8 Å². The molecule has 0 aliphatic carbocycles. The third-order valence-electron chi connectivity index (χ3n) is 4.36. The summed E-state index contributed by atoms with van der Waals surface area (Å²) in [7, 11) is 0. The van der Waals surface area contributed by atoms with E-state index < -0.39 is 0 Å². The zero-order valence-corrected chi connectivity index (χ0v) is 13.9. The minimum absolute atomic E-state index is 0.186. The molecule has 1 amide bonds. The van der Waals surface area contributed by atoms with Crippen LogP contribution in [0.2, 0.25) is 0 Å². The fourth-order valence-electron chi connectivity index (χ4n) is 3.01. The van der Waals surface area contributed by atoms with Gasteiger partial charge in [-0.2, -0.15) is 11.3 Å². The molecule has 1 fully saturated rings. The Hall–Kier alpha value is -0.910. The van der Waals surface area contributed by atoms with E-state index in [1.807, 2.05) is 0 Å². The first-order valence-electron chi connectivity index (χ1n) is 8.00. The average molecular weight is 309 g/mol. The third-order valence-corrected chi connectivity index (χ3v) is 5.06. The Morgan fingerprint density at radius 1 is 1.43 bits per heavy atom. The predicted octanol–water partition coefficient (Wildman–Crippen LogP) is 2.25. The Labute approximate surface area is 131 Å². The van der Waals surface area contributed by atoms with Gasteiger partial charge < -0.3 is 10.6 Å². The molecule has 1 aromatic rings. The lowest BCUT2D eigenvalue weighted by Crippen LogP contribution is -2.42. The van der Waals surface area contributed by atoms with Gasteiger partial charge in [-0.3, -0.25) is 9.69 Å². The summed E-state index contributed by atoms with van der Waals surface area (Å²) >= 11 is 1.72. The molecular weight excluding hydrogens is 282 g/mol. The third kappa shape index (κ3) is 4.53. The molecule has 2 heterocycles. The summed E-state index contributed by atoms with van der Waals surface area (Å²) in [6.07, 6.45) is 1.92. The molecule has 2 rings (SSSR count). The summed E-state index contributed by atoms with van der Waals surface area (Å²) in [6, 6.07) is 2.46. The number of thiophene rings is 1. The van der Waals surface area contributed by atoms with Gasteiger partial charge in [0.2, 0.25) is 5.91 Å². The van der Waals surface area contributed by atoms with Crippen molar-refractivity contribution in [1.82, 2.24) is 15.5 Å². The van der Waals surface area contributed by atoms with Crippen LogP contribution < -0.4 is 10.6 Å². The van der Waals surface area contributed by atoms with Crippen molar-refractivity contribution in [2.45, 2.75) is 32.7 Å². The number of nitrogens with zero attached hydrogens (tertiary/aromatic N) is 1. The van der Waals surface area contributed by atoms with Crippen molar-refractivity contribution in [3.63, 3.8) is 0 Å². The van der Waals surface area contributed by atoms with E-state index in [1.54, 1.807) is 11.3 Å². The van der Waals surface area contributed by atoms with Crippen molar-refractivity contribution < 1.29 is 4.79 Å². The molecule has 2 N–H and O–H groups in total. The van der Waals surface area contributed by atoms with Gasteiger partial charge in [0, 0.05) is 12.5 Å². The highest BCUT2D eigenvalue weighted by atomic mass is 32.1. The van der Waals surface area contributed by atoms with Gasteiger partial charge in [-0.25, -0.2) is 0 Å². The Morgan fingerprint density at radius 2 is 2.14 bits per heavy atom. The number of carbonyl (C=O) groups is 1. The standard InChI is InChI=1S/C16H27N3OS/c1-3-19(4-2)15(14-7-10-21-12-14)11-18-16(20)13-5-8-17-9-6-13/h7,10,12-13,15,17H,3-6,8-9,11H2,1-2H3,(H,18,20). The molecule has 1 unspecified atom stereocenters. The monoisotopic (exact) mass is 309 g/mol. The van der Waals surface area contributed by atoms with Crippen LogP contribution in [-0.2, 0) is 4.79 Å². The number of hydrogen-bond acceptors (Lipinski definition) is 4. The Balaban J connectivity index is 1.93. The van der Waals surface area contributed by atoms with Gasteiger partial charge in [0.05, 0.1) is 6.04 Å². The number of rotatable bonds is 7. The van der Waals surface area contributed by atoms with Crippen molar-refractivity contribution in [2.24, 2.45) is 5.92 Å². The number of likely N-dealkylation sites (N-methyl/N-ethyl adjacent to an activating group) is 1. The highest BCUT2D eigenvalue weighted by molar-refractivity contribution is 7.07. The topological polar surface area (TPSA) is 44.4 Å². The van der Waals surface area contributed by atoms with Crippen LogP contribution in [0.1, 0.15) is 38.3 Å². The molecule has 1 aliphatic heterocycles. The zero-order valence-electron chi connectivity index (χ0n) is 13.1. The molecule has 0 bridgehead atoms. The van der Waals surface area contributed by atoms with Gasteiger partial charge in [-0.05, 0) is 61.4 Å². The van der Waals surface area contributed by atoms with E-state index in [0.29, 0.717) is 6.54 Å². The van der Waals surface area contributed by atoms with E-state index >= 15 is 0 Å². The van der Waals surface area contributed by atoms with Gasteiger partial charge >= 0.3 is 0 Å². The Morgan fingerprint density at radius 3 is 2.71 bits per heavy atom. The maximum atomic E-state index is 12.3. The second-order valence-corrected chi connectivity index (χ2v) is 6.34. The van der Waals surface area contributed by atoms with E-state index in [-0.39, 0.29) is 17.9 Å². The zero-order chi connectivity index (χ0) is 15.1. The molecule has 5 heteroatoms. The van der Waals surface area contributed by atoms with E-state index in [4.69, 9.17) is 0 Å². The molecule has 0 spiro atoms. The van der Waals surface area contributed by atoms with Crippen molar-refractivity contribution in [2.75, 3.05) is 32.7 Å². The summed E-state index contributed by atoms with van der Waals surface area (Å²) < 4.78 is 0. The molecule has 118 valence electrons. The molecule has 1 saturated heterocycles. The van der Waals surface area contributed by atoms with E-state index in [1.165, 1.54) is 5.56 Å². The lowest BCUT2D eigenvalue weighted by Gasteiger charge is -2.30. The normalized spacial score (nSPS) is 17.9. The summed E-state index contributed by atoms with van der Waals surface area (Å²) in [5, 5.41) is 10.8. The quantitative estimate of drug-likeness (QED) is 0.812. The van der Waals surface area contributed by atoms with Crippen LogP contribution in [0.4, 0.5) is 0 Å². The molecule has 1 atom stereocenters. The number of hydrogen-bond donors (Lipinski definition) is 2. The molecule has 1 aliphatic rings. The molecule has 4 nitrogen and oxygen atoms in total. The van der Waals surface area contributed by atoms with Crippen LogP contribution in [0.15, 0.2) is 16.8 Å². The summed E-state index contributed by atoms with van der Waals surface area (Å²) in [5.74, 6) is 0.412. The van der Waals surface area contributed by atoms with Crippen molar-refractivity contribution in [3.05, 3.63) is 22.4 Å². The lowest BCUT2D eigenvalue weighted by atomic mass is 9.97. The highest BCUT2D eigenvalue weighted by Crippen LogP contribution is 2.22. The largest absolute Gasteiger partial charge is 0.354 e. The maximum Gasteiger partial charge on any atom is 0.223 e. The fourth-order valence-corrected chi connectivity index (χ4v) is 3.72. The van der Waals surface area contributed by atoms with Crippen LogP contribution in [0.5, 0.6) is 0 Å². The van der Waals surface area contributed by atoms with Gasteiger partial charge in [0.1, 0.15) is 0 Å². The van der Waals surface area contributed by atoms with E-state index in [9.17, 15) is 4.79 Å². The molecule has 0 saturated carbocycles. The van der Waals surface area contributed by atoms with Crippen molar-refractivity contribution in [3.8, 4) is 0 Å². The summed E-state index contributed by atoms with van der Waals surface area (Å²) in [4.78, 5) is 14.7. The Kier molecular flexibility index (Phi) is 6.67. The van der Waals surface area contributed by atoms with E-state index in [2.05, 4.69) is 46.2 Å². The predicted molar refractivity (Wildman–Crippen MR) is 88.6 cm³/mol. The molecule has 0 aromatic carbocycles. The summed E-state index contributed by atoms with van der Waals surface area (Å²) in [5.41, 5.74) is 1.31.